The standard InChI is InChI=1S/C18H17FN2O3/c1-24-15-9-5-4-8-14(15)21-17(23)18(10-11-18)16(22)20-13-7-3-2-6-12(13)19/h2-9H,10-11H2,1H3,(H,20,22)(H,21,23). The van der Waals surface area contributed by atoms with Gasteiger partial charge in [-0.2, -0.15) is 0 Å². The van der Waals surface area contributed by atoms with Crippen molar-refractivity contribution >= 4 is 23.2 Å². The maximum atomic E-state index is 13.7. The van der Waals surface area contributed by atoms with Gasteiger partial charge < -0.3 is 15.4 Å². The first kappa shape index (κ1) is 16.0. The average molecular weight is 328 g/mol. The molecule has 0 unspecified atom stereocenters. The van der Waals surface area contributed by atoms with E-state index in [1.54, 1.807) is 30.3 Å². The molecule has 1 aliphatic rings. The fraction of sp³-hybridized carbons (Fsp3) is 0.222. The lowest BCUT2D eigenvalue weighted by atomic mass is 10.0. The second-order valence-corrected chi connectivity index (χ2v) is 5.67. The van der Waals surface area contributed by atoms with Crippen LogP contribution in [0.3, 0.4) is 0 Å². The first-order chi connectivity index (χ1) is 11.6. The van der Waals surface area contributed by atoms with Crippen molar-refractivity contribution in [3.05, 3.63) is 54.3 Å². The monoisotopic (exact) mass is 328 g/mol. The van der Waals surface area contributed by atoms with E-state index < -0.39 is 23.0 Å². The van der Waals surface area contributed by atoms with Crippen LogP contribution in [0.1, 0.15) is 12.8 Å². The molecule has 0 heterocycles. The number of carbonyl (C=O) groups is 2. The molecular formula is C18H17FN2O3. The lowest BCUT2D eigenvalue weighted by Crippen LogP contribution is -2.35. The quantitative estimate of drug-likeness (QED) is 0.828. The number of ether oxygens (including phenoxy) is 1. The van der Waals surface area contributed by atoms with E-state index in [0.29, 0.717) is 24.3 Å². The molecule has 0 aromatic heterocycles. The molecule has 1 aliphatic carbocycles. The Balaban J connectivity index is 1.74. The summed E-state index contributed by atoms with van der Waals surface area (Å²) in [4.78, 5) is 25.0. The highest BCUT2D eigenvalue weighted by molar-refractivity contribution is 6.17. The number of amides is 2. The number of nitrogens with one attached hydrogen (secondary N) is 2. The molecule has 24 heavy (non-hydrogen) atoms. The molecule has 2 amide bonds. The van der Waals surface area contributed by atoms with Crippen molar-refractivity contribution in [3.63, 3.8) is 0 Å². The normalized spacial score (nSPS) is 14.6. The van der Waals surface area contributed by atoms with Gasteiger partial charge in [0, 0.05) is 0 Å². The predicted octanol–water partition coefficient (Wildman–Crippen LogP) is 3.19. The fourth-order valence-corrected chi connectivity index (χ4v) is 2.48. The minimum Gasteiger partial charge on any atom is -0.495 e. The lowest BCUT2D eigenvalue weighted by Gasteiger charge is -2.17. The predicted molar refractivity (Wildman–Crippen MR) is 88.3 cm³/mol. The zero-order valence-electron chi connectivity index (χ0n) is 13.1. The summed E-state index contributed by atoms with van der Waals surface area (Å²) in [6.07, 6.45) is 0.850. The Morgan fingerprint density at radius 2 is 1.50 bits per heavy atom. The van der Waals surface area contributed by atoms with Gasteiger partial charge in [0.15, 0.2) is 0 Å². The van der Waals surface area contributed by atoms with Crippen LogP contribution >= 0.6 is 0 Å². The van der Waals surface area contributed by atoms with Crippen molar-refractivity contribution in [1.29, 1.82) is 0 Å². The second kappa shape index (κ2) is 6.31. The summed E-state index contributed by atoms with van der Waals surface area (Å²) in [5.74, 6) is -0.941. The molecule has 0 aliphatic heterocycles. The van der Waals surface area contributed by atoms with Crippen LogP contribution in [0.15, 0.2) is 48.5 Å². The van der Waals surface area contributed by atoms with Gasteiger partial charge in [-0.3, -0.25) is 9.59 Å². The van der Waals surface area contributed by atoms with Crippen molar-refractivity contribution in [3.8, 4) is 5.75 Å². The van der Waals surface area contributed by atoms with Gasteiger partial charge in [-0.15, -0.1) is 0 Å². The highest BCUT2D eigenvalue weighted by Gasteiger charge is 2.56. The molecule has 0 atom stereocenters. The Morgan fingerprint density at radius 3 is 2.08 bits per heavy atom. The number of hydrogen-bond acceptors (Lipinski definition) is 3. The topological polar surface area (TPSA) is 67.4 Å². The summed E-state index contributed by atoms with van der Waals surface area (Å²) < 4.78 is 18.9. The molecule has 2 aromatic rings. The first-order valence-corrected chi connectivity index (χ1v) is 7.57. The maximum Gasteiger partial charge on any atom is 0.240 e. The van der Waals surface area contributed by atoms with Crippen LogP contribution in [0.2, 0.25) is 0 Å². The van der Waals surface area contributed by atoms with Gasteiger partial charge in [-0.05, 0) is 37.1 Å². The van der Waals surface area contributed by atoms with Gasteiger partial charge >= 0.3 is 0 Å². The van der Waals surface area contributed by atoms with E-state index in [1.165, 1.54) is 25.3 Å². The van der Waals surface area contributed by atoms with Crippen molar-refractivity contribution in [2.24, 2.45) is 5.41 Å². The van der Waals surface area contributed by atoms with Crippen LogP contribution in [0.5, 0.6) is 5.75 Å². The molecule has 6 heteroatoms. The number of rotatable bonds is 5. The summed E-state index contributed by atoms with van der Waals surface area (Å²) in [6.45, 7) is 0. The van der Waals surface area contributed by atoms with Gasteiger partial charge in [0.25, 0.3) is 0 Å². The van der Waals surface area contributed by atoms with Crippen molar-refractivity contribution in [2.75, 3.05) is 17.7 Å². The molecular weight excluding hydrogens is 311 g/mol. The number of benzene rings is 2. The summed E-state index contributed by atoms with van der Waals surface area (Å²) in [6, 6.07) is 12.8. The number of methoxy groups -OCH3 is 1. The minimum absolute atomic E-state index is 0.0684. The van der Waals surface area contributed by atoms with Gasteiger partial charge in [0.1, 0.15) is 17.0 Å². The molecule has 0 spiro atoms. The third kappa shape index (κ3) is 2.95. The summed E-state index contributed by atoms with van der Waals surface area (Å²) in [5, 5.41) is 5.23. The Hall–Kier alpha value is -2.89. The molecule has 2 N–H and O–H groups in total. The van der Waals surface area contributed by atoms with Gasteiger partial charge in [-0.25, -0.2) is 4.39 Å². The largest absolute Gasteiger partial charge is 0.495 e. The first-order valence-electron chi connectivity index (χ1n) is 7.57. The van der Waals surface area contributed by atoms with Gasteiger partial charge in [0.05, 0.1) is 18.5 Å². The van der Waals surface area contributed by atoms with Crippen LogP contribution in [0.25, 0.3) is 0 Å². The Kier molecular flexibility index (Phi) is 4.20. The molecule has 1 fully saturated rings. The molecule has 0 radical (unpaired) electrons. The van der Waals surface area contributed by atoms with Crippen LogP contribution in [0, 0.1) is 11.2 Å². The lowest BCUT2D eigenvalue weighted by molar-refractivity contribution is -0.131. The molecule has 124 valence electrons. The maximum absolute atomic E-state index is 13.7. The fourth-order valence-electron chi connectivity index (χ4n) is 2.48. The zero-order chi connectivity index (χ0) is 17.2. The van der Waals surface area contributed by atoms with Crippen molar-refractivity contribution in [1.82, 2.24) is 0 Å². The van der Waals surface area contributed by atoms with Crippen molar-refractivity contribution < 1.29 is 18.7 Å². The van der Waals surface area contributed by atoms with Crippen LogP contribution in [-0.2, 0) is 9.59 Å². The highest BCUT2D eigenvalue weighted by Crippen LogP contribution is 2.48. The van der Waals surface area contributed by atoms with E-state index in [2.05, 4.69) is 10.6 Å². The molecule has 3 rings (SSSR count). The summed E-state index contributed by atoms with van der Waals surface area (Å²) in [5.41, 5.74) is -0.600. The Bertz CT molecular complexity index is 787. The number of hydrogen-bond donors (Lipinski definition) is 2. The van der Waals surface area contributed by atoms with Crippen molar-refractivity contribution in [2.45, 2.75) is 12.8 Å². The van der Waals surface area contributed by atoms with E-state index >= 15 is 0 Å². The zero-order valence-corrected chi connectivity index (χ0v) is 13.1. The number of anilines is 2. The molecule has 1 saturated carbocycles. The van der Waals surface area contributed by atoms with E-state index in [1.807, 2.05) is 0 Å². The number of carbonyl (C=O) groups excluding carboxylic acids is 2. The minimum atomic E-state index is -1.16. The third-order valence-electron chi connectivity index (χ3n) is 4.10. The van der Waals surface area contributed by atoms with Gasteiger partial charge in [0.2, 0.25) is 11.8 Å². The Morgan fingerprint density at radius 1 is 0.958 bits per heavy atom. The molecule has 2 aromatic carbocycles. The smallest absolute Gasteiger partial charge is 0.240 e. The number of para-hydroxylation sites is 3. The summed E-state index contributed by atoms with van der Waals surface area (Å²) in [7, 11) is 1.50. The van der Waals surface area contributed by atoms with Crippen LogP contribution < -0.4 is 15.4 Å². The van der Waals surface area contributed by atoms with Crippen LogP contribution in [0.4, 0.5) is 15.8 Å². The summed E-state index contributed by atoms with van der Waals surface area (Å²) >= 11 is 0. The second-order valence-electron chi connectivity index (χ2n) is 5.67. The van der Waals surface area contributed by atoms with Crippen LogP contribution in [-0.4, -0.2) is 18.9 Å². The molecule has 5 nitrogen and oxygen atoms in total. The number of halogens is 1. The molecule has 0 bridgehead atoms. The highest BCUT2D eigenvalue weighted by atomic mass is 19.1. The SMILES string of the molecule is COc1ccccc1NC(=O)C1(C(=O)Nc2ccccc2F)CC1. The van der Waals surface area contributed by atoms with E-state index in [4.69, 9.17) is 4.74 Å². The Labute approximate surface area is 138 Å². The third-order valence-corrected chi connectivity index (χ3v) is 4.10. The van der Waals surface area contributed by atoms with Gasteiger partial charge in [-0.1, -0.05) is 24.3 Å². The van der Waals surface area contributed by atoms with E-state index in [9.17, 15) is 14.0 Å². The molecule has 0 saturated heterocycles. The van der Waals surface area contributed by atoms with E-state index in [0.717, 1.165) is 0 Å². The van der Waals surface area contributed by atoms with E-state index in [-0.39, 0.29) is 5.69 Å². The average Bonchev–Trinajstić information content (AvgIpc) is 3.39.